The predicted octanol–water partition coefficient (Wildman–Crippen LogP) is 4.02. The van der Waals surface area contributed by atoms with Gasteiger partial charge in [-0.2, -0.15) is 0 Å². The Bertz CT molecular complexity index is 1020. The molecule has 1 N–H and O–H groups in total. The minimum atomic E-state index is -0.0835. The van der Waals surface area contributed by atoms with Crippen molar-refractivity contribution >= 4 is 28.6 Å². The minimum absolute atomic E-state index is 0.0557. The second kappa shape index (κ2) is 9.06. The van der Waals surface area contributed by atoms with Gasteiger partial charge in [0.2, 0.25) is 5.91 Å². The fourth-order valence-corrected chi connectivity index (χ4v) is 3.84. The van der Waals surface area contributed by atoms with Crippen molar-refractivity contribution in [2.24, 2.45) is 5.92 Å². The van der Waals surface area contributed by atoms with E-state index in [1.54, 1.807) is 10.6 Å². The van der Waals surface area contributed by atoms with E-state index in [0.29, 0.717) is 28.5 Å². The van der Waals surface area contributed by atoms with Crippen LogP contribution in [0.4, 0.5) is 0 Å². The third-order valence-corrected chi connectivity index (χ3v) is 5.36. The number of carbonyl (C=O) groups excluding carboxylic acids is 1. The van der Waals surface area contributed by atoms with Gasteiger partial charge >= 0.3 is 0 Å². The second-order valence-corrected chi connectivity index (χ2v) is 8.15. The molecule has 3 rings (SSSR count). The Morgan fingerprint density at radius 2 is 1.75 bits per heavy atom. The molecule has 0 fully saturated rings. The van der Waals surface area contributed by atoms with Gasteiger partial charge < -0.3 is 5.32 Å². The largest absolute Gasteiger partial charge is 0.349 e. The van der Waals surface area contributed by atoms with Crippen LogP contribution >= 0.6 is 11.8 Å². The van der Waals surface area contributed by atoms with Crippen LogP contribution in [-0.2, 0) is 11.3 Å². The van der Waals surface area contributed by atoms with Crippen LogP contribution in [-0.4, -0.2) is 21.2 Å². The standard InChI is InChI=1S/C22H25N3O2S/c1-15(2)13-25-21(27)18-11-7-8-12-19(18)24-22(25)28-14-20(26)23-16(3)17-9-5-4-6-10-17/h4-12,15-16H,13-14H2,1-3H3,(H,23,26)/t16-/m1/s1. The molecule has 0 spiro atoms. The third kappa shape index (κ3) is 4.81. The zero-order valence-electron chi connectivity index (χ0n) is 16.4. The molecule has 0 bridgehead atoms. The lowest BCUT2D eigenvalue weighted by atomic mass is 10.1. The number of carbonyl (C=O) groups is 1. The number of aromatic nitrogens is 2. The van der Waals surface area contributed by atoms with Gasteiger partial charge in [0.05, 0.1) is 22.7 Å². The number of amides is 1. The molecule has 0 saturated carbocycles. The van der Waals surface area contributed by atoms with E-state index in [9.17, 15) is 9.59 Å². The van der Waals surface area contributed by atoms with Crippen LogP contribution < -0.4 is 10.9 Å². The van der Waals surface area contributed by atoms with E-state index in [-0.39, 0.29) is 23.3 Å². The molecular formula is C22H25N3O2S. The Balaban J connectivity index is 1.77. The first-order valence-corrected chi connectivity index (χ1v) is 10.4. The fourth-order valence-electron chi connectivity index (χ4n) is 3.02. The maximum Gasteiger partial charge on any atom is 0.262 e. The molecule has 0 radical (unpaired) electrons. The van der Waals surface area contributed by atoms with Crippen molar-refractivity contribution < 1.29 is 4.79 Å². The van der Waals surface area contributed by atoms with Gasteiger partial charge in [0.25, 0.3) is 5.56 Å². The number of nitrogens with one attached hydrogen (secondary N) is 1. The Morgan fingerprint density at radius 1 is 1.07 bits per heavy atom. The Labute approximate surface area is 169 Å². The van der Waals surface area contributed by atoms with E-state index in [2.05, 4.69) is 24.1 Å². The van der Waals surface area contributed by atoms with Crippen LogP contribution in [0.15, 0.2) is 64.5 Å². The highest BCUT2D eigenvalue weighted by Gasteiger charge is 2.15. The minimum Gasteiger partial charge on any atom is -0.349 e. The highest BCUT2D eigenvalue weighted by molar-refractivity contribution is 7.99. The van der Waals surface area contributed by atoms with Gasteiger partial charge in [-0.3, -0.25) is 14.2 Å². The van der Waals surface area contributed by atoms with Crippen molar-refractivity contribution in [2.75, 3.05) is 5.75 Å². The highest BCUT2D eigenvalue weighted by Crippen LogP contribution is 2.19. The van der Waals surface area contributed by atoms with Gasteiger partial charge in [-0.05, 0) is 30.5 Å². The fraction of sp³-hybridized carbons (Fsp3) is 0.318. The van der Waals surface area contributed by atoms with Gasteiger partial charge in [-0.15, -0.1) is 0 Å². The van der Waals surface area contributed by atoms with Gasteiger partial charge in [-0.25, -0.2) is 4.98 Å². The van der Waals surface area contributed by atoms with E-state index < -0.39 is 0 Å². The summed E-state index contributed by atoms with van der Waals surface area (Å²) in [4.78, 5) is 30.0. The molecule has 0 aliphatic rings. The van der Waals surface area contributed by atoms with E-state index in [4.69, 9.17) is 0 Å². The quantitative estimate of drug-likeness (QED) is 0.485. The SMILES string of the molecule is CC(C)Cn1c(SCC(=O)N[C@H](C)c2ccccc2)nc2ccccc2c1=O. The maximum absolute atomic E-state index is 12.9. The number of para-hydroxylation sites is 1. The summed E-state index contributed by atoms with van der Waals surface area (Å²) in [6.45, 7) is 6.65. The van der Waals surface area contributed by atoms with Crippen LogP contribution in [0, 0.1) is 5.92 Å². The molecule has 1 amide bonds. The van der Waals surface area contributed by atoms with Crippen molar-refractivity contribution in [3.8, 4) is 0 Å². The lowest BCUT2D eigenvalue weighted by Crippen LogP contribution is -2.29. The molecule has 1 atom stereocenters. The number of hydrogen-bond donors (Lipinski definition) is 1. The second-order valence-electron chi connectivity index (χ2n) is 7.21. The first kappa shape index (κ1) is 20.1. The van der Waals surface area contributed by atoms with Crippen molar-refractivity contribution in [3.05, 3.63) is 70.5 Å². The van der Waals surface area contributed by atoms with Crippen LogP contribution in [0.25, 0.3) is 10.9 Å². The smallest absolute Gasteiger partial charge is 0.262 e. The van der Waals surface area contributed by atoms with Gasteiger partial charge in [0, 0.05) is 6.54 Å². The molecule has 0 saturated heterocycles. The van der Waals surface area contributed by atoms with Crippen molar-refractivity contribution in [1.82, 2.24) is 14.9 Å². The first-order valence-electron chi connectivity index (χ1n) is 9.42. The molecule has 146 valence electrons. The molecule has 28 heavy (non-hydrogen) atoms. The van der Waals surface area contributed by atoms with Crippen molar-refractivity contribution in [3.63, 3.8) is 0 Å². The van der Waals surface area contributed by atoms with E-state index in [0.717, 1.165) is 5.56 Å². The van der Waals surface area contributed by atoms with Crippen LogP contribution in [0.2, 0.25) is 0 Å². The maximum atomic E-state index is 12.9. The Morgan fingerprint density at radius 3 is 2.46 bits per heavy atom. The lowest BCUT2D eigenvalue weighted by molar-refractivity contribution is -0.119. The number of rotatable bonds is 7. The zero-order valence-corrected chi connectivity index (χ0v) is 17.2. The van der Waals surface area contributed by atoms with Crippen LogP contribution in [0.3, 0.4) is 0 Å². The summed E-state index contributed by atoms with van der Waals surface area (Å²) < 4.78 is 1.69. The van der Waals surface area contributed by atoms with E-state index in [1.807, 2.05) is 55.5 Å². The van der Waals surface area contributed by atoms with Crippen molar-refractivity contribution in [2.45, 2.75) is 38.5 Å². The molecule has 6 heteroatoms. The molecule has 1 heterocycles. The normalized spacial score (nSPS) is 12.3. The molecule has 2 aromatic carbocycles. The molecular weight excluding hydrogens is 370 g/mol. The number of benzene rings is 2. The molecule has 3 aromatic rings. The predicted molar refractivity (Wildman–Crippen MR) is 115 cm³/mol. The third-order valence-electron chi connectivity index (χ3n) is 4.38. The number of thioether (sulfide) groups is 1. The topological polar surface area (TPSA) is 64.0 Å². The lowest BCUT2D eigenvalue weighted by Gasteiger charge is -2.16. The first-order chi connectivity index (χ1) is 13.5. The van der Waals surface area contributed by atoms with Crippen LogP contribution in [0.1, 0.15) is 32.4 Å². The Hall–Kier alpha value is -2.60. The highest BCUT2D eigenvalue weighted by atomic mass is 32.2. The number of hydrogen-bond acceptors (Lipinski definition) is 4. The van der Waals surface area contributed by atoms with E-state index in [1.165, 1.54) is 11.8 Å². The average molecular weight is 396 g/mol. The molecule has 0 aliphatic carbocycles. The van der Waals surface area contributed by atoms with Gasteiger partial charge in [0.15, 0.2) is 5.16 Å². The monoisotopic (exact) mass is 395 g/mol. The summed E-state index contributed by atoms with van der Waals surface area (Å²) in [6.07, 6.45) is 0. The zero-order chi connectivity index (χ0) is 20.1. The van der Waals surface area contributed by atoms with Gasteiger partial charge in [0.1, 0.15) is 0 Å². The van der Waals surface area contributed by atoms with E-state index >= 15 is 0 Å². The number of nitrogens with zero attached hydrogens (tertiary/aromatic N) is 2. The number of fused-ring (bicyclic) bond motifs is 1. The Kier molecular flexibility index (Phi) is 6.52. The summed E-state index contributed by atoms with van der Waals surface area (Å²) in [5.41, 5.74) is 1.66. The summed E-state index contributed by atoms with van der Waals surface area (Å²) >= 11 is 1.30. The average Bonchev–Trinajstić information content (AvgIpc) is 2.69. The van der Waals surface area contributed by atoms with Crippen molar-refractivity contribution in [1.29, 1.82) is 0 Å². The molecule has 0 unspecified atom stereocenters. The molecule has 1 aromatic heterocycles. The summed E-state index contributed by atoms with van der Waals surface area (Å²) in [5, 5.41) is 4.19. The van der Waals surface area contributed by atoms with Gasteiger partial charge in [-0.1, -0.05) is 68.1 Å². The summed E-state index contributed by atoms with van der Waals surface area (Å²) in [5.74, 6) is 0.423. The molecule has 0 aliphatic heterocycles. The summed E-state index contributed by atoms with van der Waals surface area (Å²) in [6, 6.07) is 17.1. The summed E-state index contributed by atoms with van der Waals surface area (Å²) in [7, 11) is 0. The molecule has 5 nitrogen and oxygen atoms in total. The van der Waals surface area contributed by atoms with Crippen LogP contribution in [0.5, 0.6) is 0 Å².